The molecule has 7 nitrogen and oxygen atoms in total. The molecule has 0 fully saturated rings. The van der Waals surface area contributed by atoms with Gasteiger partial charge in [0.05, 0.1) is 11.5 Å². The van der Waals surface area contributed by atoms with E-state index < -0.39 is 10.9 Å². The summed E-state index contributed by atoms with van der Waals surface area (Å²) in [5.41, 5.74) is 0.299. The lowest BCUT2D eigenvalue weighted by Crippen LogP contribution is -2.25. The molecule has 0 aliphatic rings. The SMILES string of the molecule is O=C(O)CNCCC(=O)c1ccc([N+](=O)[O-])cc1. The number of aliphatic carboxylic acids is 1. The Kier molecular flexibility index (Phi) is 4.94. The molecule has 0 heterocycles. The molecule has 0 aliphatic heterocycles. The summed E-state index contributed by atoms with van der Waals surface area (Å²) in [5, 5.41) is 21.4. The van der Waals surface area contributed by atoms with Gasteiger partial charge in [0.2, 0.25) is 0 Å². The van der Waals surface area contributed by atoms with E-state index in [-0.39, 0.29) is 31.0 Å². The number of carbonyl (C=O) groups is 2. The maximum atomic E-state index is 11.6. The highest BCUT2D eigenvalue weighted by Crippen LogP contribution is 2.12. The van der Waals surface area contributed by atoms with E-state index in [4.69, 9.17) is 5.11 Å². The second-order valence-corrected chi connectivity index (χ2v) is 3.55. The van der Waals surface area contributed by atoms with Crippen molar-refractivity contribution < 1.29 is 19.6 Å². The van der Waals surface area contributed by atoms with Gasteiger partial charge < -0.3 is 10.4 Å². The number of benzene rings is 1. The molecule has 0 aliphatic carbocycles. The number of rotatable bonds is 7. The molecule has 7 heteroatoms. The van der Waals surface area contributed by atoms with Gasteiger partial charge in [-0.15, -0.1) is 0 Å². The molecule has 0 spiro atoms. The van der Waals surface area contributed by atoms with Gasteiger partial charge in [-0.1, -0.05) is 0 Å². The number of nitrogens with one attached hydrogen (secondary N) is 1. The largest absolute Gasteiger partial charge is 0.480 e. The lowest BCUT2D eigenvalue weighted by molar-refractivity contribution is -0.384. The molecule has 0 unspecified atom stereocenters. The van der Waals surface area contributed by atoms with E-state index >= 15 is 0 Å². The number of nitrogens with zero attached hydrogens (tertiary/aromatic N) is 1. The Bertz CT molecular complexity index is 455. The van der Waals surface area contributed by atoms with Crippen molar-refractivity contribution in [1.29, 1.82) is 0 Å². The van der Waals surface area contributed by atoms with E-state index in [9.17, 15) is 19.7 Å². The molecule has 96 valence electrons. The van der Waals surface area contributed by atoms with Crippen LogP contribution >= 0.6 is 0 Å². The van der Waals surface area contributed by atoms with Crippen molar-refractivity contribution >= 4 is 17.4 Å². The van der Waals surface area contributed by atoms with Gasteiger partial charge in [0.1, 0.15) is 0 Å². The third-order valence-electron chi connectivity index (χ3n) is 2.21. The first-order chi connectivity index (χ1) is 8.50. The summed E-state index contributed by atoms with van der Waals surface area (Å²) in [4.78, 5) is 31.7. The number of hydrogen-bond donors (Lipinski definition) is 2. The van der Waals surface area contributed by atoms with Crippen molar-refractivity contribution in [2.75, 3.05) is 13.1 Å². The van der Waals surface area contributed by atoms with Crippen LogP contribution in [0.2, 0.25) is 0 Å². The summed E-state index contributed by atoms with van der Waals surface area (Å²) >= 11 is 0. The van der Waals surface area contributed by atoms with Crippen LogP contribution in [-0.2, 0) is 4.79 Å². The van der Waals surface area contributed by atoms with E-state index in [0.717, 1.165) is 0 Å². The Labute approximate surface area is 103 Å². The van der Waals surface area contributed by atoms with Crippen LogP contribution in [0.25, 0.3) is 0 Å². The average Bonchev–Trinajstić information content (AvgIpc) is 2.34. The van der Waals surface area contributed by atoms with Crippen LogP contribution in [0, 0.1) is 10.1 Å². The fourth-order valence-corrected chi connectivity index (χ4v) is 1.31. The number of carbonyl (C=O) groups excluding carboxylic acids is 1. The van der Waals surface area contributed by atoms with Gasteiger partial charge in [0.25, 0.3) is 5.69 Å². The summed E-state index contributed by atoms with van der Waals surface area (Å²) in [6.07, 6.45) is 0.144. The van der Waals surface area contributed by atoms with E-state index in [1.807, 2.05) is 0 Å². The topological polar surface area (TPSA) is 110 Å². The minimum atomic E-state index is -0.988. The molecule has 0 radical (unpaired) electrons. The number of carboxylic acid groups (broad SMARTS) is 1. The van der Waals surface area contributed by atoms with E-state index in [1.165, 1.54) is 24.3 Å². The fraction of sp³-hybridized carbons (Fsp3) is 0.273. The number of hydrogen-bond acceptors (Lipinski definition) is 5. The van der Waals surface area contributed by atoms with Crippen LogP contribution in [-0.4, -0.2) is 34.9 Å². The molecule has 1 aromatic carbocycles. The predicted octanol–water partition coefficient (Wildman–Crippen LogP) is 0.842. The van der Waals surface area contributed by atoms with Crippen LogP contribution < -0.4 is 5.32 Å². The molecule has 0 atom stereocenters. The van der Waals surface area contributed by atoms with Crippen molar-refractivity contribution in [3.8, 4) is 0 Å². The summed E-state index contributed by atoms with van der Waals surface area (Å²) in [5.74, 6) is -1.18. The molecule has 1 rings (SSSR count). The van der Waals surface area contributed by atoms with Crippen molar-refractivity contribution in [3.05, 3.63) is 39.9 Å². The number of Topliss-reactive ketones (excluding diaryl/α,β-unsaturated/α-hetero) is 1. The fourth-order valence-electron chi connectivity index (χ4n) is 1.31. The van der Waals surface area contributed by atoms with Gasteiger partial charge >= 0.3 is 5.97 Å². The highest BCUT2D eigenvalue weighted by atomic mass is 16.6. The maximum Gasteiger partial charge on any atom is 0.317 e. The third-order valence-corrected chi connectivity index (χ3v) is 2.21. The molecule has 18 heavy (non-hydrogen) atoms. The molecule has 0 saturated carbocycles. The van der Waals surface area contributed by atoms with Crippen molar-refractivity contribution in [3.63, 3.8) is 0 Å². The molecule has 0 bridgehead atoms. The summed E-state index contributed by atoms with van der Waals surface area (Å²) < 4.78 is 0. The highest BCUT2D eigenvalue weighted by Gasteiger charge is 2.09. The zero-order valence-corrected chi connectivity index (χ0v) is 9.46. The van der Waals surface area contributed by atoms with Gasteiger partial charge in [-0.3, -0.25) is 19.7 Å². The summed E-state index contributed by atoms with van der Waals surface area (Å²) in [6.45, 7) is 0.0513. The van der Waals surface area contributed by atoms with Gasteiger partial charge in [0.15, 0.2) is 5.78 Å². The van der Waals surface area contributed by atoms with Gasteiger partial charge in [-0.2, -0.15) is 0 Å². The quantitative estimate of drug-likeness (QED) is 0.322. The first kappa shape index (κ1) is 13.8. The molecule has 1 aromatic rings. The molecular weight excluding hydrogens is 240 g/mol. The summed E-state index contributed by atoms with van der Waals surface area (Å²) in [7, 11) is 0. The zero-order chi connectivity index (χ0) is 13.5. The molecule has 0 aromatic heterocycles. The number of ketones is 1. The van der Waals surface area contributed by atoms with Crippen LogP contribution in [0.15, 0.2) is 24.3 Å². The molecule has 0 saturated heterocycles. The average molecular weight is 252 g/mol. The van der Waals surface area contributed by atoms with Gasteiger partial charge in [-0.25, -0.2) is 0 Å². The van der Waals surface area contributed by atoms with Crippen LogP contribution in [0.5, 0.6) is 0 Å². The van der Waals surface area contributed by atoms with Gasteiger partial charge in [0, 0.05) is 30.7 Å². The lowest BCUT2D eigenvalue weighted by Gasteiger charge is -2.01. The van der Waals surface area contributed by atoms with E-state index in [2.05, 4.69) is 5.32 Å². The normalized spacial score (nSPS) is 10.0. The number of non-ortho nitro benzene ring substituents is 1. The number of carboxylic acids is 1. The first-order valence-corrected chi connectivity index (χ1v) is 5.21. The van der Waals surface area contributed by atoms with Crippen molar-refractivity contribution in [2.24, 2.45) is 0 Å². The highest BCUT2D eigenvalue weighted by molar-refractivity contribution is 5.96. The standard InChI is InChI=1S/C11H12N2O5/c14-10(5-6-12-7-11(15)16)8-1-3-9(4-2-8)13(17)18/h1-4,12H,5-7H2,(H,15,16). The maximum absolute atomic E-state index is 11.6. The third kappa shape index (κ3) is 4.30. The number of nitro groups is 1. The second-order valence-electron chi connectivity index (χ2n) is 3.55. The van der Waals surface area contributed by atoms with Crippen LogP contribution in [0.3, 0.4) is 0 Å². The van der Waals surface area contributed by atoms with Crippen molar-refractivity contribution in [2.45, 2.75) is 6.42 Å². The van der Waals surface area contributed by atoms with Crippen LogP contribution in [0.4, 0.5) is 5.69 Å². The minimum Gasteiger partial charge on any atom is -0.480 e. The zero-order valence-electron chi connectivity index (χ0n) is 9.46. The molecular formula is C11H12N2O5. The lowest BCUT2D eigenvalue weighted by atomic mass is 10.1. The van der Waals surface area contributed by atoms with E-state index in [1.54, 1.807) is 0 Å². The minimum absolute atomic E-state index is 0.0736. The molecule has 0 amide bonds. The Balaban J connectivity index is 2.46. The molecule has 2 N–H and O–H groups in total. The van der Waals surface area contributed by atoms with Gasteiger partial charge in [-0.05, 0) is 12.1 Å². The number of nitro benzene ring substituents is 1. The predicted molar refractivity (Wildman–Crippen MR) is 62.5 cm³/mol. The Hall–Kier alpha value is -2.28. The summed E-state index contributed by atoms with van der Waals surface area (Å²) in [6, 6.07) is 5.30. The monoisotopic (exact) mass is 252 g/mol. The first-order valence-electron chi connectivity index (χ1n) is 5.21. The Morgan fingerprint density at radius 3 is 2.39 bits per heavy atom. The Morgan fingerprint density at radius 1 is 1.28 bits per heavy atom. The second kappa shape index (κ2) is 6.45. The Morgan fingerprint density at radius 2 is 1.89 bits per heavy atom. The van der Waals surface area contributed by atoms with E-state index in [0.29, 0.717) is 5.56 Å². The van der Waals surface area contributed by atoms with Crippen LogP contribution in [0.1, 0.15) is 16.8 Å². The smallest absolute Gasteiger partial charge is 0.317 e. The van der Waals surface area contributed by atoms with Crippen molar-refractivity contribution in [1.82, 2.24) is 5.32 Å².